The fourth-order valence-electron chi connectivity index (χ4n) is 4.57. The van der Waals surface area contributed by atoms with E-state index in [1.165, 1.54) is 0 Å². The van der Waals surface area contributed by atoms with Crippen molar-refractivity contribution >= 4 is 11.8 Å². The maximum Gasteiger partial charge on any atom is 0.260 e. The second kappa shape index (κ2) is 9.00. The molecule has 6 heteroatoms. The zero-order valence-electron chi connectivity index (χ0n) is 18.3. The number of amides is 2. The van der Waals surface area contributed by atoms with Crippen LogP contribution in [0.15, 0.2) is 54.6 Å². The molecule has 1 heterocycles. The van der Waals surface area contributed by atoms with Crippen LogP contribution in [-0.2, 0) is 16.1 Å². The van der Waals surface area contributed by atoms with Gasteiger partial charge in [-0.1, -0.05) is 36.4 Å². The van der Waals surface area contributed by atoms with Gasteiger partial charge in [0.05, 0.1) is 6.54 Å². The zero-order chi connectivity index (χ0) is 21.8. The Balaban J connectivity index is 1.39. The molecule has 1 fully saturated rings. The second-order valence-electron chi connectivity index (χ2n) is 8.61. The molecule has 164 valence electrons. The molecule has 2 aromatic rings. The third-order valence-corrected chi connectivity index (χ3v) is 6.50. The van der Waals surface area contributed by atoms with E-state index in [1.54, 1.807) is 6.92 Å². The van der Waals surface area contributed by atoms with E-state index >= 15 is 0 Å². The summed E-state index contributed by atoms with van der Waals surface area (Å²) >= 11 is 0. The van der Waals surface area contributed by atoms with Crippen molar-refractivity contribution in [3.05, 3.63) is 60.2 Å². The first-order valence-corrected chi connectivity index (χ1v) is 10.9. The largest absolute Gasteiger partial charge is 0.485 e. The Kier molecular flexibility index (Phi) is 6.16. The van der Waals surface area contributed by atoms with Gasteiger partial charge in [-0.05, 0) is 43.9 Å². The summed E-state index contributed by atoms with van der Waals surface area (Å²) in [4.78, 5) is 28.6. The molecule has 0 bridgehead atoms. The van der Waals surface area contributed by atoms with Gasteiger partial charge < -0.3 is 19.3 Å². The number of rotatable bonds is 4. The minimum atomic E-state index is -0.404. The van der Waals surface area contributed by atoms with Gasteiger partial charge in [-0.15, -0.1) is 0 Å². The summed E-state index contributed by atoms with van der Waals surface area (Å²) in [5.74, 6) is 1.60. The van der Waals surface area contributed by atoms with E-state index in [0.29, 0.717) is 18.8 Å². The topological polar surface area (TPSA) is 59.1 Å². The molecule has 0 saturated heterocycles. The van der Waals surface area contributed by atoms with Crippen LogP contribution < -0.4 is 9.47 Å². The number of carbonyl (C=O) groups excluding carboxylic acids is 2. The third-order valence-electron chi connectivity index (χ3n) is 6.50. The number of nitrogens with zero attached hydrogens (tertiary/aromatic N) is 2. The summed E-state index contributed by atoms with van der Waals surface area (Å²) in [6, 6.07) is 17.5. The summed E-state index contributed by atoms with van der Waals surface area (Å²) in [6.07, 6.45) is 3.27. The van der Waals surface area contributed by atoms with Gasteiger partial charge in [-0.3, -0.25) is 9.59 Å². The lowest BCUT2D eigenvalue weighted by molar-refractivity contribution is -0.136. The van der Waals surface area contributed by atoms with E-state index in [-0.39, 0.29) is 24.5 Å². The standard InChI is InChI=1S/C25H30N2O4/c1-19(28)27-16-20-8-6-7-11-23(20)31-25(18-27)14-12-21(13-15-25)26(2)24(29)17-30-22-9-4-3-5-10-22/h3-11,21H,12-18H2,1-2H3. The molecular weight excluding hydrogens is 392 g/mol. The highest BCUT2D eigenvalue weighted by Gasteiger charge is 2.43. The van der Waals surface area contributed by atoms with Crippen LogP contribution >= 0.6 is 0 Å². The Morgan fingerprint density at radius 1 is 1.10 bits per heavy atom. The Hall–Kier alpha value is -3.02. The van der Waals surface area contributed by atoms with Gasteiger partial charge in [0.25, 0.3) is 5.91 Å². The van der Waals surface area contributed by atoms with Gasteiger partial charge in [0, 0.05) is 32.1 Å². The highest BCUT2D eigenvalue weighted by atomic mass is 16.5. The molecule has 0 unspecified atom stereocenters. The first kappa shape index (κ1) is 21.2. The molecule has 0 N–H and O–H groups in total. The van der Waals surface area contributed by atoms with Gasteiger partial charge in [-0.25, -0.2) is 0 Å². The number of benzene rings is 2. The van der Waals surface area contributed by atoms with Crippen LogP contribution in [0.25, 0.3) is 0 Å². The van der Waals surface area contributed by atoms with Crippen molar-refractivity contribution in [1.29, 1.82) is 0 Å². The van der Waals surface area contributed by atoms with Crippen molar-refractivity contribution in [3.8, 4) is 11.5 Å². The predicted octanol–water partition coefficient (Wildman–Crippen LogP) is 3.65. The molecule has 31 heavy (non-hydrogen) atoms. The summed E-state index contributed by atoms with van der Waals surface area (Å²) < 4.78 is 12.2. The van der Waals surface area contributed by atoms with E-state index in [1.807, 2.05) is 71.4 Å². The maximum atomic E-state index is 12.7. The number of hydrogen-bond donors (Lipinski definition) is 0. The zero-order valence-corrected chi connectivity index (χ0v) is 18.3. The Labute approximate surface area is 183 Å². The Morgan fingerprint density at radius 2 is 1.77 bits per heavy atom. The Bertz CT molecular complexity index is 922. The molecule has 2 aromatic carbocycles. The number of likely N-dealkylation sites (N-methyl/N-ethyl adjacent to an activating group) is 1. The average molecular weight is 423 g/mol. The molecule has 4 rings (SSSR count). The molecular formula is C25H30N2O4. The lowest BCUT2D eigenvalue weighted by atomic mass is 9.81. The van der Waals surface area contributed by atoms with E-state index in [0.717, 1.165) is 37.0 Å². The van der Waals surface area contributed by atoms with Crippen LogP contribution in [0.1, 0.15) is 38.2 Å². The van der Waals surface area contributed by atoms with Crippen molar-refractivity contribution in [3.63, 3.8) is 0 Å². The smallest absolute Gasteiger partial charge is 0.260 e. The predicted molar refractivity (Wildman–Crippen MR) is 118 cm³/mol. The van der Waals surface area contributed by atoms with E-state index in [9.17, 15) is 9.59 Å². The molecule has 2 amide bonds. The van der Waals surface area contributed by atoms with Crippen molar-refractivity contribution in [1.82, 2.24) is 9.80 Å². The van der Waals surface area contributed by atoms with Crippen LogP contribution in [0.5, 0.6) is 11.5 Å². The maximum absolute atomic E-state index is 12.7. The Morgan fingerprint density at radius 3 is 2.48 bits per heavy atom. The SMILES string of the molecule is CC(=O)N1Cc2ccccc2OC2(CCC(N(C)C(=O)COc3ccccc3)CC2)C1. The molecule has 1 aliphatic heterocycles. The fraction of sp³-hybridized carbons (Fsp3) is 0.440. The summed E-state index contributed by atoms with van der Waals surface area (Å²) in [5.41, 5.74) is 0.640. The first-order chi connectivity index (χ1) is 15.0. The van der Waals surface area contributed by atoms with Crippen LogP contribution in [0.4, 0.5) is 0 Å². The molecule has 0 aromatic heterocycles. The van der Waals surface area contributed by atoms with E-state index in [4.69, 9.17) is 9.47 Å². The van der Waals surface area contributed by atoms with Crippen LogP contribution in [0.2, 0.25) is 0 Å². The van der Waals surface area contributed by atoms with Gasteiger partial charge in [0.15, 0.2) is 6.61 Å². The quantitative estimate of drug-likeness (QED) is 0.755. The highest BCUT2D eigenvalue weighted by molar-refractivity contribution is 5.77. The molecule has 0 radical (unpaired) electrons. The number of hydrogen-bond acceptors (Lipinski definition) is 4. The third kappa shape index (κ3) is 4.84. The summed E-state index contributed by atoms with van der Waals surface area (Å²) in [5, 5.41) is 0. The van der Waals surface area contributed by atoms with Crippen molar-refractivity contribution in [2.45, 2.75) is 50.8 Å². The van der Waals surface area contributed by atoms with Gasteiger partial charge in [0.1, 0.15) is 17.1 Å². The number of fused-ring (bicyclic) bond motifs is 1. The molecule has 1 aliphatic carbocycles. The van der Waals surface area contributed by atoms with E-state index < -0.39 is 5.60 Å². The minimum absolute atomic E-state index is 0.0257. The average Bonchev–Trinajstić information content (AvgIpc) is 2.95. The van der Waals surface area contributed by atoms with Gasteiger partial charge >= 0.3 is 0 Å². The monoisotopic (exact) mass is 422 g/mol. The fourth-order valence-corrected chi connectivity index (χ4v) is 4.57. The first-order valence-electron chi connectivity index (χ1n) is 10.9. The molecule has 0 atom stereocenters. The molecule has 6 nitrogen and oxygen atoms in total. The van der Waals surface area contributed by atoms with Crippen LogP contribution in [0, 0.1) is 0 Å². The number of ether oxygens (including phenoxy) is 2. The van der Waals surface area contributed by atoms with Crippen LogP contribution in [0.3, 0.4) is 0 Å². The lowest BCUT2D eigenvalue weighted by Gasteiger charge is -2.43. The minimum Gasteiger partial charge on any atom is -0.485 e. The van der Waals surface area contributed by atoms with Gasteiger partial charge in [-0.2, -0.15) is 0 Å². The summed E-state index contributed by atoms with van der Waals surface area (Å²) in [7, 11) is 1.85. The van der Waals surface area contributed by atoms with Gasteiger partial charge in [0.2, 0.25) is 5.91 Å². The van der Waals surface area contributed by atoms with Crippen molar-refractivity contribution in [2.75, 3.05) is 20.2 Å². The molecule has 1 spiro atoms. The number of carbonyl (C=O) groups is 2. The molecule has 2 aliphatic rings. The number of para-hydroxylation sites is 2. The second-order valence-corrected chi connectivity index (χ2v) is 8.61. The summed E-state index contributed by atoms with van der Waals surface area (Å²) in [6.45, 7) is 2.81. The molecule has 1 saturated carbocycles. The van der Waals surface area contributed by atoms with E-state index in [2.05, 4.69) is 0 Å². The van der Waals surface area contributed by atoms with Crippen molar-refractivity contribution < 1.29 is 19.1 Å². The normalized spacial score (nSPS) is 22.8. The van der Waals surface area contributed by atoms with Crippen molar-refractivity contribution in [2.24, 2.45) is 0 Å². The lowest BCUT2D eigenvalue weighted by Crippen LogP contribution is -2.52. The van der Waals surface area contributed by atoms with Crippen LogP contribution in [-0.4, -0.2) is 53.5 Å². The highest BCUT2D eigenvalue weighted by Crippen LogP contribution is 2.39.